The number of isocyanates is 1. The summed E-state index contributed by atoms with van der Waals surface area (Å²) in [6, 6.07) is 0. The smallest absolute Gasteiger partial charge is 0.231 e. The Labute approximate surface area is 42.0 Å². The molecule has 5 heavy (non-hydrogen) atoms. The van der Waals surface area contributed by atoms with Crippen molar-refractivity contribution in [3.63, 3.8) is 0 Å². The number of hydrogen-bond acceptors (Lipinski definition) is 2. The molecule has 0 rings (SSSR count). The molecule has 0 spiro atoms. The van der Waals surface area contributed by atoms with Crippen LogP contribution in [-0.4, -0.2) is 11.6 Å². The first-order valence-corrected chi connectivity index (χ1v) is 0.454. The number of hydrogen-bond donors (Lipinski definition) is 1. The molecule has 0 saturated carbocycles. The molecule has 0 aromatic carbocycles. The number of rotatable bonds is 0. The molecule has 4 heteroatoms. The van der Waals surface area contributed by atoms with Crippen LogP contribution in [-0.2, 0) is 24.3 Å². The second-order valence-corrected chi connectivity index (χ2v) is 0.102. The van der Waals surface area contributed by atoms with Gasteiger partial charge in [-0.15, -0.1) is 0 Å². The van der Waals surface area contributed by atoms with Crippen LogP contribution in [0.1, 0.15) is 0 Å². The maximum Gasteiger partial charge on any atom is 0.231 e. The molecule has 26 valence electrons. The van der Waals surface area contributed by atoms with Gasteiger partial charge in [0.25, 0.3) is 0 Å². The van der Waals surface area contributed by atoms with Crippen molar-refractivity contribution < 1.29 is 29.7 Å². The predicted octanol–water partition coefficient (Wildman–Crippen LogP) is -0.926. The zero-order chi connectivity index (χ0) is 2.71. The zero-order valence-corrected chi connectivity index (χ0v) is 5.58. The van der Waals surface area contributed by atoms with Crippen molar-refractivity contribution >= 4 is 6.08 Å². The molecule has 3 nitrogen and oxygen atoms in total. The molecule has 0 amide bonds. The molecule has 0 aliphatic carbocycles. The van der Waals surface area contributed by atoms with E-state index in [1.165, 1.54) is 0 Å². The van der Waals surface area contributed by atoms with Crippen molar-refractivity contribution in [2.75, 3.05) is 0 Å². The van der Waals surface area contributed by atoms with E-state index < -0.39 is 0 Å². The normalized spacial score (nSPS) is 1.60. The van der Waals surface area contributed by atoms with Crippen LogP contribution in [0.5, 0.6) is 0 Å². The maximum absolute atomic E-state index is 8.35. The van der Waals surface area contributed by atoms with E-state index in [2.05, 4.69) is 0 Å². The quantitative estimate of drug-likeness (QED) is 0.254. The second kappa shape index (κ2) is 37.5. The summed E-state index contributed by atoms with van der Waals surface area (Å²) in [5.74, 6) is 0. The molecule has 0 bridgehead atoms. The topological polar surface area (TPSA) is 72.4 Å². The molecule has 0 aliphatic rings. The SMILES string of the molecule is N=C=O.O.[Zn]. The molecule has 0 atom stereocenters. The van der Waals surface area contributed by atoms with Crippen molar-refractivity contribution in [1.82, 2.24) is 0 Å². The summed E-state index contributed by atoms with van der Waals surface area (Å²) < 4.78 is 0. The van der Waals surface area contributed by atoms with Crippen molar-refractivity contribution in [2.45, 2.75) is 0 Å². The van der Waals surface area contributed by atoms with Crippen LogP contribution in [0.25, 0.3) is 0 Å². The molecule has 0 aliphatic heterocycles. The maximum atomic E-state index is 8.35. The standard InChI is InChI=1S/CHNO.H2O.Zn/c2-1-3;;/h2H;1H2;. The minimum atomic E-state index is 0. The van der Waals surface area contributed by atoms with Crippen molar-refractivity contribution in [2.24, 2.45) is 0 Å². The van der Waals surface area contributed by atoms with Crippen LogP contribution >= 0.6 is 0 Å². The van der Waals surface area contributed by atoms with E-state index in [0.29, 0.717) is 0 Å². The molecule has 0 heterocycles. The van der Waals surface area contributed by atoms with Gasteiger partial charge in [-0.25, -0.2) is 10.2 Å². The van der Waals surface area contributed by atoms with E-state index in [1.54, 1.807) is 0 Å². The van der Waals surface area contributed by atoms with E-state index in [4.69, 9.17) is 10.2 Å². The summed E-state index contributed by atoms with van der Waals surface area (Å²) >= 11 is 0. The third kappa shape index (κ3) is 11400. The summed E-state index contributed by atoms with van der Waals surface area (Å²) in [5, 5.41) is 5.40. The summed E-state index contributed by atoms with van der Waals surface area (Å²) in [7, 11) is 0. The Morgan fingerprint density at radius 2 is 1.60 bits per heavy atom. The van der Waals surface area contributed by atoms with Gasteiger partial charge < -0.3 is 5.48 Å². The average molecular weight is 126 g/mol. The molecular formula is CH3NO2Zn. The van der Waals surface area contributed by atoms with Gasteiger partial charge in [0.05, 0.1) is 0 Å². The molecule has 0 fully saturated rings. The molecule has 0 saturated heterocycles. The molecule has 0 aromatic rings. The van der Waals surface area contributed by atoms with Crippen LogP contribution < -0.4 is 0 Å². The van der Waals surface area contributed by atoms with Crippen molar-refractivity contribution in [3.8, 4) is 0 Å². The Balaban J connectivity index is -0.0000000200. The van der Waals surface area contributed by atoms with Crippen LogP contribution in [0.4, 0.5) is 0 Å². The second-order valence-electron chi connectivity index (χ2n) is 0.102. The van der Waals surface area contributed by atoms with E-state index in [1.807, 2.05) is 0 Å². The van der Waals surface area contributed by atoms with Crippen molar-refractivity contribution in [3.05, 3.63) is 0 Å². The van der Waals surface area contributed by atoms with E-state index in [9.17, 15) is 0 Å². The Kier molecular flexibility index (Phi) is 152. The minimum absolute atomic E-state index is 0. The molecule has 0 aromatic heterocycles. The van der Waals surface area contributed by atoms with Gasteiger partial charge >= 0.3 is 0 Å². The molecular weight excluding hydrogens is 123 g/mol. The van der Waals surface area contributed by atoms with Gasteiger partial charge in [-0.3, -0.25) is 0 Å². The van der Waals surface area contributed by atoms with Crippen LogP contribution in [0.15, 0.2) is 0 Å². The number of carbonyl (C=O) groups excluding carboxylic acids is 1. The monoisotopic (exact) mass is 125 g/mol. The first-order valence-electron chi connectivity index (χ1n) is 0.454. The summed E-state index contributed by atoms with van der Waals surface area (Å²) in [6.07, 6.45) is 0.750. The van der Waals surface area contributed by atoms with Crippen LogP contribution in [0.3, 0.4) is 0 Å². The Morgan fingerprint density at radius 3 is 1.60 bits per heavy atom. The predicted molar refractivity (Wildman–Crippen MR) is 12.0 cm³/mol. The minimum Gasteiger partial charge on any atom is -0.412 e. The third-order valence-electron chi connectivity index (χ3n) is 0. The van der Waals surface area contributed by atoms with Crippen molar-refractivity contribution in [1.29, 1.82) is 5.41 Å². The Morgan fingerprint density at radius 1 is 1.60 bits per heavy atom. The first-order chi connectivity index (χ1) is 1.41. The molecule has 0 radical (unpaired) electrons. The van der Waals surface area contributed by atoms with Gasteiger partial charge in [-0.05, 0) is 0 Å². The summed E-state index contributed by atoms with van der Waals surface area (Å²) in [4.78, 5) is 8.35. The number of nitrogens with one attached hydrogen (secondary N) is 1. The molecule has 3 N–H and O–H groups in total. The van der Waals surface area contributed by atoms with Gasteiger partial charge in [0, 0.05) is 19.5 Å². The van der Waals surface area contributed by atoms with E-state index in [-0.39, 0.29) is 25.0 Å². The van der Waals surface area contributed by atoms with Gasteiger partial charge in [0.2, 0.25) is 6.08 Å². The Bertz CT molecular complexity index is 30.6. The van der Waals surface area contributed by atoms with Gasteiger partial charge in [-0.1, -0.05) is 0 Å². The van der Waals surface area contributed by atoms with Gasteiger partial charge in [0.15, 0.2) is 0 Å². The van der Waals surface area contributed by atoms with Crippen LogP contribution in [0.2, 0.25) is 0 Å². The first kappa shape index (κ1) is 20.2. The largest absolute Gasteiger partial charge is 0.412 e. The fourth-order valence-electron chi connectivity index (χ4n) is 0. The third-order valence-corrected chi connectivity index (χ3v) is 0. The van der Waals surface area contributed by atoms with E-state index in [0.717, 1.165) is 6.08 Å². The Hall–Kier alpha value is -0.0366. The summed E-state index contributed by atoms with van der Waals surface area (Å²) in [6.45, 7) is 0. The fourth-order valence-corrected chi connectivity index (χ4v) is 0. The molecule has 0 unspecified atom stereocenters. The fraction of sp³-hybridized carbons (Fsp3) is 0. The summed E-state index contributed by atoms with van der Waals surface area (Å²) in [5.41, 5.74) is 0. The zero-order valence-electron chi connectivity index (χ0n) is 2.62. The van der Waals surface area contributed by atoms with E-state index >= 15 is 0 Å². The van der Waals surface area contributed by atoms with Gasteiger partial charge in [-0.2, -0.15) is 0 Å². The van der Waals surface area contributed by atoms with Gasteiger partial charge in [0.1, 0.15) is 0 Å². The van der Waals surface area contributed by atoms with Crippen LogP contribution in [0, 0.1) is 5.41 Å². The average Bonchev–Trinajstić information content (AvgIpc) is 0.918.